The van der Waals surface area contributed by atoms with Crippen molar-refractivity contribution in [3.05, 3.63) is 35.1 Å². The van der Waals surface area contributed by atoms with Gasteiger partial charge in [-0.25, -0.2) is 18.0 Å². The lowest BCUT2D eigenvalue weighted by Gasteiger charge is -2.05. The minimum atomic E-state index is -1.65. The first-order valence-corrected chi connectivity index (χ1v) is 5.40. The Labute approximate surface area is 96.4 Å². The molecule has 0 N–H and O–H groups in total. The molecule has 0 aromatic heterocycles. The first kappa shape index (κ1) is 12.0. The molecule has 5 heteroatoms. The van der Waals surface area contributed by atoms with Crippen molar-refractivity contribution >= 4 is 5.97 Å². The summed E-state index contributed by atoms with van der Waals surface area (Å²) < 4.78 is 43.5. The summed E-state index contributed by atoms with van der Waals surface area (Å²) in [5.74, 6) is -4.85. The molecule has 1 aliphatic carbocycles. The Morgan fingerprint density at radius 3 is 2.59 bits per heavy atom. The second-order valence-electron chi connectivity index (χ2n) is 4.09. The van der Waals surface area contributed by atoms with E-state index in [4.69, 9.17) is 4.74 Å². The highest BCUT2D eigenvalue weighted by Crippen LogP contribution is 2.32. The van der Waals surface area contributed by atoms with Gasteiger partial charge in [0.15, 0.2) is 17.5 Å². The van der Waals surface area contributed by atoms with E-state index in [2.05, 4.69) is 0 Å². The van der Waals surface area contributed by atoms with E-state index in [1.165, 1.54) is 0 Å². The van der Waals surface area contributed by atoms with Crippen LogP contribution in [0.3, 0.4) is 0 Å². The summed E-state index contributed by atoms with van der Waals surface area (Å²) in [6.07, 6.45) is 2.98. The van der Waals surface area contributed by atoms with Crippen LogP contribution in [0.1, 0.15) is 29.6 Å². The van der Waals surface area contributed by atoms with Crippen molar-refractivity contribution in [2.24, 2.45) is 5.92 Å². The lowest BCUT2D eigenvalue weighted by Crippen LogP contribution is -2.10. The van der Waals surface area contributed by atoms with Gasteiger partial charge < -0.3 is 4.74 Å². The molecule has 0 radical (unpaired) electrons. The smallest absolute Gasteiger partial charge is 0.341 e. The summed E-state index contributed by atoms with van der Waals surface area (Å²) in [6, 6.07) is 1.59. The van der Waals surface area contributed by atoms with Crippen LogP contribution in [0.15, 0.2) is 12.1 Å². The SMILES string of the molecule is O=C(OCCC1CC1)c1ccc(F)c(F)c1F. The summed E-state index contributed by atoms with van der Waals surface area (Å²) in [5, 5.41) is 0. The van der Waals surface area contributed by atoms with Crippen molar-refractivity contribution in [3.8, 4) is 0 Å². The second-order valence-corrected chi connectivity index (χ2v) is 4.09. The largest absolute Gasteiger partial charge is 0.462 e. The summed E-state index contributed by atoms with van der Waals surface area (Å²) in [7, 11) is 0. The van der Waals surface area contributed by atoms with Gasteiger partial charge in [-0.15, -0.1) is 0 Å². The summed E-state index contributed by atoms with van der Waals surface area (Å²) in [6.45, 7) is 0.182. The fraction of sp³-hybridized carbons (Fsp3) is 0.417. The van der Waals surface area contributed by atoms with Gasteiger partial charge in [-0.2, -0.15) is 0 Å². The lowest BCUT2D eigenvalue weighted by molar-refractivity contribution is 0.0488. The molecule has 0 aliphatic heterocycles. The molecule has 0 unspecified atom stereocenters. The third-order valence-corrected chi connectivity index (χ3v) is 2.71. The Bertz CT molecular complexity index is 442. The summed E-state index contributed by atoms with van der Waals surface area (Å²) in [5.41, 5.74) is -0.570. The van der Waals surface area contributed by atoms with Crippen LogP contribution >= 0.6 is 0 Å². The Morgan fingerprint density at radius 1 is 1.24 bits per heavy atom. The van der Waals surface area contributed by atoms with Gasteiger partial charge in [-0.3, -0.25) is 0 Å². The van der Waals surface area contributed by atoms with E-state index in [1.54, 1.807) is 0 Å². The van der Waals surface area contributed by atoms with E-state index in [1.807, 2.05) is 0 Å². The Kier molecular flexibility index (Phi) is 3.36. The van der Waals surface area contributed by atoms with Crippen molar-refractivity contribution in [1.82, 2.24) is 0 Å². The van der Waals surface area contributed by atoms with Gasteiger partial charge in [0.05, 0.1) is 12.2 Å². The predicted molar refractivity (Wildman–Crippen MR) is 53.9 cm³/mol. The minimum absolute atomic E-state index is 0.182. The number of carbonyl (C=O) groups is 1. The average molecular weight is 244 g/mol. The molecule has 1 fully saturated rings. The molecule has 2 nitrogen and oxygen atoms in total. The topological polar surface area (TPSA) is 26.3 Å². The van der Waals surface area contributed by atoms with E-state index in [0.717, 1.165) is 25.3 Å². The third-order valence-electron chi connectivity index (χ3n) is 2.71. The maximum Gasteiger partial charge on any atom is 0.341 e. The van der Waals surface area contributed by atoms with Gasteiger partial charge in [0, 0.05) is 0 Å². The van der Waals surface area contributed by atoms with E-state index in [-0.39, 0.29) is 6.61 Å². The Hall–Kier alpha value is -1.52. The lowest BCUT2D eigenvalue weighted by atomic mass is 10.2. The van der Waals surface area contributed by atoms with Crippen molar-refractivity contribution in [1.29, 1.82) is 0 Å². The van der Waals surface area contributed by atoms with E-state index < -0.39 is 29.0 Å². The van der Waals surface area contributed by atoms with Gasteiger partial charge in [-0.05, 0) is 24.5 Å². The van der Waals surface area contributed by atoms with Crippen molar-refractivity contribution < 1.29 is 22.7 Å². The average Bonchev–Trinajstić information content (AvgIpc) is 3.10. The zero-order valence-corrected chi connectivity index (χ0v) is 9.01. The molecule has 0 saturated heterocycles. The van der Waals surface area contributed by atoms with Crippen LogP contribution in [0.4, 0.5) is 13.2 Å². The molecular formula is C12H11F3O2. The summed E-state index contributed by atoms with van der Waals surface area (Å²) >= 11 is 0. The van der Waals surface area contributed by atoms with Gasteiger partial charge in [0.25, 0.3) is 0 Å². The van der Waals surface area contributed by atoms with E-state index in [0.29, 0.717) is 12.0 Å². The molecular weight excluding hydrogens is 233 g/mol. The number of hydrogen-bond donors (Lipinski definition) is 0. The number of benzene rings is 1. The van der Waals surface area contributed by atoms with Crippen LogP contribution in [-0.4, -0.2) is 12.6 Å². The molecule has 1 aliphatic rings. The van der Waals surface area contributed by atoms with Gasteiger partial charge in [-0.1, -0.05) is 12.8 Å². The van der Waals surface area contributed by atoms with Gasteiger partial charge in [0.1, 0.15) is 0 Å². The Balaban J connectivity index is 2.00. The number of hydrogen-bond acceptors (Lipinski definition) is 2. The highest BCUT2D eigenvalue weighted by atomic mass is 19.2. The zero-order valence-electron chi connectivity index (χ0n) is 9.01. The first-order chi connectivity index (χ1) is 8.09. The highest BCUT2D eigenvalue weighted by Gasteiger charge is 2.23. The fourth-order valence-corrected chi connectivity index (χ4v) is 1.49. The zero-order chi connectivity index (χ0) is 12.4. The van der Waals surface area contributed by atoms with Crippen LogP contribution in [0.25, 0.3) is 0 Å². The molecule has 17 heavy (non-hydrogen) atoms. The maximum atomic E-state index is 13.2. The van der Waals surface area contributed by atoms with Crippen molar-refractivity contribution in [2.45, 2.75) is 19.3 Å². The normalized spacial score (nSPS) is 14.8. The predicted octanol–water partition coefficient (Wildman–Crippen LogP) is 3.06. The minimum Gasteiger partial charge on any atom is -0.462 e. The Morgan fingerprint density at radius 2 is 1.94 bits per heavy atom. The number of esters is 1. The van der Waals surface area contributed by atoms with Gasteiger partial charge in [0.2, 0.25) is 0 Å². The number of carbonyl (C=O) groups excluding carboxylic acids is 1. The summed E-state index contributed by atoms with van der Waals surface area (Å²) in [4.78, 5) is 11.4. The first-order valence-electron chi connectivity index (χ1n) is 5.40. The molecule has 0 spiro atoms. The maximum absolute atomic E-state index is 13.2. The highest BCUT2D eigenvalue weighted by molar-refractivity contribution is 5.89. The van der Waals surface area contributed by atoms with Crippen LogP contribution in [-0.2, 0) is 4.74 Å². The van der Waals surface area contributed by atoms with Crippen molar-refractivity contribution in [3.63, 3.8) is 0 Å². The fourth-order valence-electron chi connectivity index (χ4n) is 1.49. The molecule has 0 bridgehead atoms. The van der Waals surface area contributed by atoms with Crippen LogP contribution in [0.5, 0.6) is 0 Å². The van der Waals surface area contributed by atoms with Crippen LogP contribution in [0, 0.1) is 23.4 Å². The molecule has 1 aromatic rings. The molecule has 92 valence electrons. The molecule has 2 rings (SSSR count). The number of rotatable bonds is 4. The standard InChI is InChI=1S/C12H11F3O2/c13-9-4-3-8(10(14)11(9)15)12(16)17-6-5-7-1-2-7/h3-4,7H,1-2,5-6H2. The molecule has 1 saturated carbocycles. The monoisotopic (exact) mass is 244 g/mol. The van der Waals surface area contributed by atoms with Crippen LogP contribution in [0.2, 0.25) is 0 Å². The number of ether oxygens (including phenoxy) is 1. The molecule has 0 amide bonds. The third kappa shape index (κ3) is 2.78. The quantitative estimate of drug-likeness (QED) is 0.601. The van der Waals surface area contributed by atoms with Gasteiger partial charge >= 0.3 is 5.97 Å². The molecule has 0 heterocycles. The van der Waals surface area contributed by atoms with Crippen molar-refractivity contribution in [2.75, 3.05) is 6.61 Å². The molecule has 1 aromatic carbocycles. The van der Waals surface area contributed by atoms with E-state index in [9.17, 15) is 18.0 Å². The second kappa shape index (κ2) is 4.77. The van der Waals surface area contributed by atoms with Crippen LogP contribution < -0.4 is 0 Å². The molecule has 0 atom stereocenters. The number of halogens is 3. The van der Waals surface area contributed by atoms with E-state index >= 15 is 0 Å².